The molecule has 0 saturated carbocycles. The second kappa shape index (κ2) is 6.35. The summed E-state index contributed by atoms with van der Waals surface area (Å²) in [6, 6.07) is 12.2. The van der Waals surface area contributed by atoms with Gasteiger partial charge in [-0.1, -0.05) is 29.4 Å². The minimum absolute atomic E-state index is 0.581. The maximum atomic E-state index is 9.05. The summed E-state index contributed by atoms with van der Waals surface area (Å²) < 4.78 is 2.30. The van der Waals surface area contributed by atoms with Gasteiger partial charge in [0.15, 0.2) is 0 Å². The Labute approximate surface area is 140 Å². The average Bonchev–Trinajstić information content (AvgIpc) is 2.93. The Balaban J connectivity index is 2.38. The molecule has 124 valence electrons. The molecule has 5 nitrogen and oxygen atoms in total. The van der Waals surface area contributed by atoms with Gasteiger partial charge in [-0.2, -0.15) is 0 Å². The second-order valence-electron chi connectivity index (χ2n) is 5.99. The highest BCUT2D eigenvalue weighted by Gasteiger charge is 2.13. The molecule has 2 aromatic carbocycles. The Kier molecular flexibility index (Phi) is 4.25. The number of oxime groups is 2. The molecule has 0 spiro atoms. The van der Waals surface area contributed by atoms with Crippen molar-refractivity contribution in [3.8, 4) is 0 Å². The van der Waals surface area contributed by atoms with E-state index in [4.69, 9.17) is 10.4 Å². The van der Waals surface area contributed by atoms with Crippen LogP contribution >= 0.6 is 0 Å². The zero-order valence-electron chi connectivity index (χ0n) is 14.1. The molecule has 5 heteroatoms. The first kappa shape index (κ1) is 16.1. The lowest BCUT2D eigenvalue weighted by molar-refractivity contribution is 0.319. The summed E-state index contributed by atoms with van der Waals surface area (Å²) in [6.07, 6.45) is 1.04. The summed E-state index contributed by atoms with van der Waals surface area (Å²) >= 11 is 0. The molecule has 0 fully saturated rings. The van der Waals surface area contributed by atoms with Gasteiger partial charge >= 0.3 is 0 Å². The van der Waals surface area contributed by atoms with Gasteiger partial charge in [0.25, 0.3) is 0 Å². The van der Waals surface area contributed by atoms with Gasteiger partial charge in [-0.15, -0.1) is 0 Å². The minimum atomic E-state index is 0.581. The molecule has 0 radical (unpaired) electrons. The molecule has 3 rings (SSSR count). The van der Waals surface area contributed by atoms with E-state index in [0.717, 1.165) is 45.9 Å². The van der Waals surface area contributed by atoms with Crippen LogP contribution in [0.3, 0.4) is 0 Å². The van der Waals surface area contributed by atoms with E-state index in [0.29, 0.717) is 11.4 Å². The number of nitrogens with zero attached hydrogens (tertiary/aromatic N) is 3. The predicted molar refractivity (Wildman–Crippen MR) is 97.7 cm³/mol. The number of hydrogen-bond acceptors (Lipinski definition) is 4. The van der Waals surface area contributed by atoms with Crippen LogP contribution in [0.1, 0.15) is 38.3 Å². The van der Waals surface area contributed by atoms with Crippen LogP contribution in [0, 0.1) is 0 Å². The topological polar surface area (TPSA) is 70.1 Å². The summed E-state index contributed by atoms with van der Waals surface area (Å²) in [7, 11) is 0. The first-order valence-corrected chi connectivity index (χ1v) is 8.04. The van der Waals surface area contributed by atoms with Crippen molar-refractivity contribution in [2.45, 2.75) is 33.7 Å². The highest BCUT2D eigenvalue weighted by Crippen LogP contribution is 2.31. The standard InChI is InChI=1S/C19H21N3O2/c1-4-9-22-18-7-5-14(12(2)20-23)10-16(18)17-11-15(13(3)21-24)6-8-19(17)22/h5-8,10-11,23-24H,4,9H2,1-3H3/b20-12-,21-13-. The molecule has 0 unspecified atom stereocenters. The first-order valence-electron chi connectivity index (χ1n) is 8.04. The van der Waals surface area contributed by atoms with Gasteiger partial charge in [-0.05, 0) is 55.7 Å². The van der Waals surface area contributed by atoms with Gasteiger partial charge in [0.05, 0.1) is 11.4 Å². The van der Waals surface area contributed by atoms with Crippen molar-refractivity contribution in [2.75, 3.05) is 0 Å². The zero-order chi connectivity index (χ0) is 17.3. The van der Waals surface area contributed by atoms with Crippen LogP contribution in [0.4, 0.5) is 0 Å². The normalized spacial score (nSPS) is 13.1. The van der Waals surface area contributed by atoms with Crippen molar-refractivity contribution in [3.05, 3.63) is 47.5 Å². The van der Waals surface area contributed by atoms with E-state index in [9.17, 15) is 0 Å². The van der Waals surface area contributed by atoms with Gasteiger partial charge in [-0.25, -0.2) is 0 Å². The number of benzene rings is 2. The van der Waals surface area contributed by atoms with Crippen molar-refractivity contribution in [1.29, 1.82) is 0 Å². The third kappa shape index (κ3) is 2.52. The summed E-state index contributed by atoms with van der Waals surface area (Å²) in [5.74, 6) is 0. The monoisotopic (exact) mass is 323 g/mol. The lowest BCUT2D eigenvalue weighted by Gasteiger charge is -2.06. The third-order valence-electron chi connectivity index (χ3n) is 4.45. The van der Waals surface area contributed by atoms with Crippen LogP contribution in [0.2, 0.25) is 0 Å². The van der Waals surface area contributed by atoms with Gasteiger partial charge in [0.2, 0.25) is 0 Å². The highest BCUT2D eigenvalue weighted by molar-refractivity contribution is 6.13. The zero-order valence-corrected chi connectivity index (χ0v) is 14.1. The van der Waals surface area contributed by atoms with Crippen LogP contribution in [0.15, 0.2) is 46.7 Å². The number of aromatic nitrogens is 1. The van der Waals surface area contributed by atoms with Gasteiger partial charge in [-0.3, -0.25) is 0 Å². The van der Waals surface area contributed by atoms with Gasteiger partial charge in [0, 0.05) is 28.4 Å². The summed E-state index contributed by atoms with van der Waals surface area (Å²) in [5.41, 5.74) is 5.24. The number of rotatable bonds is 4. The van der Waals surface area contributed by atoms with E-state index in [2.05, 4.69) is 33.9 Å². The van der Waals surface area contributed by atoms with E-state index in [1.165, 1.54) is 0 Å². The van der Waals surface area contributed by atoms with Crippen molar-refractivity contribution in [2.24, 2.45) is 10.3 Å². The van der Waals surface area contributed by atoms with Crippen LogP contribution < -0.4 is 0 Å². The molecule has 0 saturated heterocycles. The van der Waals surface area contributed by atoms with Crippen molar-refractivity contribution in [1.82, 2.24) is 4.57 Å². The summed E-state index contributed by atoms with van der Waals surface area (Å²) in [5, 5.41) is 26.9. The van der Waals surface area contributed by atoms with E-state index in [1.54, 1.807) is 13.8 Å². The van der Waals surface area contributed by atoms with E-state index < -0.39 is 0 Å². The average molecular weight is 323 g/mol. The van der Waals surface area contributed by atoms with Crippen LogP contribution in [0.25, 0.3) is 21.8 Å². The van der Waals surface area contributed by atoms with Crippen LogP contribution in [0.5, 0.6) is 0 Å². The largest absolute Gasteiger partial charge is 0.411 e. The lowest BCUT2D eigenvalue weighted by Crippen LogP contribution is -1.98. The molecule has 0 bridgehead atoms. The molecule has 2 N–H and O–H groups in total. The fourth-order valence-electron chi connectivity index (χ4n) is 3.13. The molecule has 0 aliphatic heterocycles. The summed E-state index contributed by atoms with van der Waals surface area (Å²) in [6.45, 7) is 6.64. The van der Waals surface area contributed by atoms with E-state index in [-0.39, 0.29) is 0 Å². The molecule has 0 aliphatic rings. The molecular weight excluding hydrogens is 302 g/mol. The molecule has 0 atom stereocenters. The molecule has 24 heavy (non-hydrogen) atoms. The van der Waals surface area contributed by atoms with Gasteiger partial charge in [0.1, 0.15) is 0 Å². The lowest BCUT2D eigenvalue weighted by atomic mass is 10.0. The molecule has 3 aromatic rings. The number of aryl methyl sites for hydroxylation is 1. The molecule has 1 aromatic heterocycles. The minimum Gasteiger partial charge on any atom is -0.411 e. The van der Waals surface area contributed by atoms with Gasteiger partial charge < -0.3 is 15.0 Å². The van der Waals surface area contributed by atoms with Crippen molar-refractivity contribution in [3.63, 3.8) is 0 Å². The maximum Gasteiger partial charge on any atom is 0.0837 e. The second-order valence-corrected chi connectivity index (χ2v) is 5.99. The fourth-order valence-corrected chi connectivity index (χ4v) is 3.13. The SMILES string of the molecule is CCCn1c2ccc(/C(C)=N\O)cc2c2cc(/C(C)=N\O)ccc21. The molecule has 0 aliphatic carbocycles. The Bertz CT molecular complexity index is 892. The molecule has 1 heterocycles. The Hall–Kier alpha value is -2.82. The highest BCUT2D eigenvalue weighted by atomic mass is 16.4. The quantitative estimate of drug-likeness (QED) is 0.418. The van der Waals surface area contributed by atoms with E-state index in [1.807, 2.05) is 24.3 Å². The predicted octanol–water partition coefficient (Wildman–Crippen LogP) is 4.60. The number of hydrogen-bond donors (Lipinski definition) is 2. The smallest absolute Gasteiger partial charge is 0.0837 e. The molecule has 0 amide bonds. The van der Waals surface area contributed by atoms with Crippen molar-refractivity contribution < 1.29 is 10.4 Å². The van der Waals surface area contributed by atoms with Crippen LogP contribution in [-0.2, 0) is 6.54 Å². The van der Waals surface area contributed by atoms with Crippen LogP contribution in [-0.4, -0.2) is 26.4 Å². The third-order valence-corrected chi connectivity index (χ3v) is 4.45. The number of fused-ring (bicyclic) bond motifs is 3. The van der Waals surface area contributed by atoms with Crippen molar-refractivity contribution >= 4 is 33.2 Å². The fraction of sp³-hybridized carbons (Fsp3) is 0.263. The van der Waals surface area contributed by atoms with E-state index >= 15 is 0 Å². The Morgan fingerprint density at radius 3 is 1.71 bits per heavy atom. The summed E-state index contributed by atoms with van der Waals surface area (Å²) in [4.78, 5) is 0. The Morgan fingerprint density at radius 2 is 1.33 bits per heavy atom. The maximum absolute atomic E-state index is 9.05. The Morgan fingerprint density at radius 1 is 0.875 bits per heavy atom. The molecular formula is C19H21N3O2. The first-order chi connectivity index (χ1) is 11.6.